The highest BCUT2D eigenvalue weighted by Gasteiger charge is 2.17. The first-order valence-electron chi connectivity index (χ1n) is 8.34. The number of rotatable bonds is 8. The lowest BCUT2D eigenvalue weighted by molar-refractivity contribution is 0.153. The van der Waals surface area contributed by atoms with E-state index >= 15 is 0 Å². The second-order valence-corrected chi connectivity index (χ2v) is 6.14. The molecular formula is C20H27NO2. The number of pyridine rings is 1. The molecule has 1 aromatic heterocycles. The minimum Gasteiger partial charge on any atom is -0.497 e. The fourth-order valence-corrected chi connectivity index (χ4v) is 3.12. The lowest BCUT2D eigenvalue weighted by Gasteiger charge is -2.22. The van der Waals surface area contributed by atoms with Gasteiger partial charge in [0.05, 0.1) is 18.7 Å². The van der Waals surface area contributed by atoms with Crippen LogP contribution >= 0.6 is 0 Å². The summed E-state index contributed by atoms with van der Waals surface area (Å²) >= 11 is 0. The number of hydrogen-bond acceptors (Lipinski definition) is 3. The third kappa shape index (κ3) is 4.11. The quantitative estimate of drug-likeness (QED) is 0.704. The fourth-order valence-electron chi connectivity index (χ4n) is 3.12. The van der Waals surface area contributed by atoms with E-state index in [0.717, 1.165) is 41.5 Å². The highest BCUT2D eigenvalue weighted by molar-refractivity contribution is 5.83. The number of nitrogens with zero attached hydrogens (tertiary/aromatic N) is 1. The highest BCUT2D eigenvalue weighted by Crippen LogP contribution is 2.31. The third-order valence-corrected chi connectivity index (χ3v) is 4.79. The van der Waals surface area contributed by atoms with Crippen molar-refractivity contribution in [3.63, 3.8) is 0 Å². The monoisotopic (exact) mass is 313 g/mol. The molecule has 0 aliphatic rings. The summed E-state index contributed by atoms with van der Waals surface area (Å²) in [5, 5.41) is 11.6. The molecule has 3 atom stereocenters. The van der Waals surface area contributed by atoms with Gasteiger partial charge in [-0.3, -0.25) is 4.98 Å². The molecule has 1 heterocycles. The summed E-state index contributed by atoms with van der Waals surface area (Å²) in [5.74, 6) is 1.82. The van der Waals surface area contributed by atoms with Crippen LogP contribution in [-0.2, 0) is 0 Å². The smallest absolute Gasteiger partial charge is 0.119 e. The molecule has 0 saturated heterocycles. The van der Waals surface area contributed by atoms with Gasteiger partial charge in [-0.2, -0.15) is 0 Å². The molecule has 2 rings (SSSR count). The Morgan fingerprint density at radius 2 is 2.09 bits per heavy atom. The Kier molecular flexibility index (Phi) is 6.17. The SMILES string of the molecule is C=C[C@H](C)[C@H](CC)CC[C@H](O)c1ccnc2ccc(OC)cc12. The van der Waals surface area contributed by atoms with Crippen LogP contribution in [0.5, 0.6) is 5.75 Å². The molecule has 2 aromatic rings. The number of ether oxygens (including phenoxy) is 1. The zero-order chi connectivity index (χ0) is 16.8. The Bertz CT molecular complexity index is 653. The lowest BCUT2D eigenvalue weighted by atomic mass is 9.86. The first-order chi connectivity index (χ1) is 11.1. The van der Waals surface area contributed by atoms with Gasteiger partial charge in [0.1, 0.15) is 5.75 Å². The predicted molar refractivity (Wildman–Crippen MR) is 95.6 cm³/mol. The van der Waals surface area contributed by atoms with Crippen LogP contribution in [0.1, 0.15) is 44.8 Å². The molecule has 3 nitrogen and oxygen atoms in total. The van der Waals surface area contributed by atoms with Crippen molar-refractivity contribution in [2.75, 3.05) is 7.11 Å². The van der Waals surface area contributed by atoms with Crippen molar-refractivity contribution >= 4 is 10.9 Å². The van der Waals surface area contributed by atoms with Gasteiger partial charge in [0.2, 0.25) is 0 Å². The lowest BCUT2D eigenvalue weighted by Crippen LogP contribution is -2.10. The Morgan fingerprint density at radius 3 is 2.74 bits per heavy atom. The Labute approximate surface area is 139 Å². The molecule has 0 saturated carbocycles. The van der Waals surface area contributed by atoms with E-state index in [1.807, 2.05) is 30.3 Å². The van der Waals surface area contributed by atoms with Gasteiger partial charge in [0, 0.05) is 11.6 Å². The van der Waals surface area contributed by atoms with Gasteiger partial charge in [-0.1, -0.05) is 26.3 Å². The number of aromatic nitrogens is 1. The van der Waals surface area contributed by atoms with Crippen LogP contribution in [0.4, 0.5) is 0 Å². The van der Waals surface area contributed by atoms with E-state index < -0.39 is 6.10 Å². The third-order valence-electron chi connectivity index (χ3n) is 4.79. The average molecular weight is 313 g/mol. The van der Waals surface area contributed by atoms with Gasteiger partial charge in [0.25, 0.3) is 0 Å². The largest absolute Gasteiger partial charge is 0.497 e. The van der Waals surface area contributed by atoms with E-state index in [4.69, 9.17) is 4.74 Å². The number of methoxy groups -OCH3 is 1. The van der Waals surface area contributed by atoms with Crippen molar-refractivity contribution in [1.29, 1.82) is 0 Å². The van der Waals surface area contributed by atoms with Crippen molar-refractivity contribution < 1.29 is 9.84 Å². The Balaban J connectivity index is 2.20. The zero-order valence-corrected chi connectivity index (χ0v) is 14.3. The second-order valence-electron chi connectivity index (χ2n) is 6.14. The van der Waals surface area contributed by atoms with E-state index in [-0.39, 0.29) is 0 Å². The van der Waals surface area contributed by atoms with Crippen molar-refractivity contribution in [2.45, 2.75) is 39.2 Å². The number of hydrogen-bond donors (Lipinski definition) is 1. The van der Waals surface area contributed by atoms with Crippen LogP contribution < -0.4 is 4.74 Å². The molecular weight excluding hydrogens is 286 g/mol. The highest BCUT2D eigenvalue weighted by atomic mass is 16.5. The van der Waals surface area contributed by atoms with E-state index in [9.17, 15) is 5.11 Å². The van der Waals surface area contributed by atoms with Crippen LogP contribution in [0.2, 0.25) is 0 Å². The molecule has 0 aliphatic heterocycles. The van der Waals surface area contributed by atoms with Gasteiger partial charge >= 0.3 is 0 Å². The summed E-state index contributed by atoms with van der Waals surface area (Å²) in [6.45, 7) is 8.28. The second kappa shape index (κ2) is 8.11. The molecule has 0 spiro atoms. The van der Waals surface area contributed by atoms with E-state index in [1.54, 1.807) is 13.3 Å². The van der Waals surface area contributed by atoms with Gasteiger partial charge in [-0.25, -0.2) is 0 Å². The predicted octanol–water partition coefficient (Wildman–Crippen LogP) is 4.91. The fraction of sp³-hybridized carbons (Fsp3) is 0.450. The normalized spacial score (nSPS) is 15.1. The number of benzene rings is 1. The van der Waals surface area contributed by atoms with Crippen LogP contribution in [0.3, 0.4) is 0 Å². The van der Waals surface area contributed by atoms with Gasteiger partial charge in [0.15, 0.2) is 0 Å². The van der Waals surface area contributed by atoms with E-state index in [0.29, 0.717) is 11.8 Å². The van der Waals surface area contributed by atoms with Crippen molar-refractivity contribution in [1.82, 2.24) is 4.98 Å². The van der Waals surface area contributed by atoms with Gasteiger partial charge < -0.3 is 9.84 Å². The van der Waals surface area contributed by atoms with Crippen LogP contribution in [-0.4, -0.2) is 17.2 Å². The summed E-state index contributed by atoms with van der Waals surface area (Å²) in [5.41, 5.74) is 1.81. The maximum atomic E-state index is 10.7. The van der Waals surface area contributed by atoms with E-state index in [1.165, 1.54) is 0 Å². The minimum absolute atomic E-state index is 0.474. The standard InChI is InChI=1S/C20H27NO2/c1-5-14(3)15(6-2)7-10-20(22)17-11-12-21-19-9-8-16(23-4)13-18(17)19/h5,8-9,11-15,20,22H,1,6-7,10H2,2-4H3/t14-,15+,20-/m0/s1. The van der Waals surface area contributed by atoms with Crippen LogP contribution in [0.25, 0.3) is 10.9 Å². The topological polar surface area (TPSA) is 42.4 Å². The summed E-state index contributed by atoms with van der Waals surface area (Å²) in [6.07, 6.45) is 6.11. The first-order valence-corrected chi connectivity index (χ1v) is 8.34. The molecule has 1 N–H and O–H groups in total. The summed E-state index contributed by atoms with van der Waals surface area (Å²) in [4.78, 5) is 4.37. The minimum atomic E-state index is -0.487. The molecule has 1 aromatic carbocycles. The van der Waals surface area contributed by atoms with Crippen LogP contribution in [0, 0.1) is 11.8 Å². The maximum Gasteiger partial charge on any atom is 0.119 e. The number of allylic oxidation sites excluding steroid dienone is 1. The van der Waals surface area contributed by atoms with Crippen molar-refractivity contribution in [3.8, 4) is 5.75 Å². The molecule has 0 aliphatic carbocycles. The summed E-state index contributed by atoms with van der Waals surface area (Å²) < 4.78 is 5.30. The van der Waals surface area contributed by atoms with Crippen molar-refractivity contribution in [2.24, 2.45) is 11.8 Å². The zero-order valence-electron chi connectivity index (χ0n) is 14.3. The molecule has 0 unspecified atom stereocenters. The average Bonchev–Trinajstić information content (AvgIpc) is 2.60. The summed E-state index contributed by atoms with van der Waals surface area (Å²) in [6, 6.07) is 7.68. The summed E-state index contributed by atoms with van der Waals surface area (Å²) in [7, 11) is 1.65. The van der Waals surface area contributed by atoms with Crippen LogP contribution in [0.15, 0.2) is 43.1 Å². The molecule has 0 bridgehead atoms. The first kappa shape index (κ1) is 17.5. The number of fused-ring (bicyclic) bond motifs is 1. The Morgan fingerprint density at radius 1 is 1.30 bits per heavy atom. The van der Waals surface area contributed by atoms with Gasteiger partial charge in [-0.15, -0.1) is 6.58 Å². The van der Waals surface area contributed by atoms with Crippen molar-refractivity contribution in [3.05, 3.63) is 48.7 Å². The molecule has 0 amide bonds. The molecule has 124 valence electrons. The van der Waals surface area contributed by atoms with Gasteiger partial charge in [-0.05, 0) is 54.5 Å². The Hall–Kier alpha value is -1.87. The molecule has 0 radical (unpaired) electrons. The molecule has 3 heteroatoms. The molecule has 0 fully saturated rings. The van der Waals surface area contributed by atoms with E-state index in [2.05, 4.69) is 25.4 Å². The number of aliphatic hydroxyl groups excluding tert-OH is 1. The number of aliphatic hydroxyl groups is 1. The molecule has 23 heavy (non-hydrogen) atoms. The maximum absolute atomic E-state index is 10.7.